The van der Waals surface area contributed by atoms with Crippen LogP contribution in [0.3, 0.4) is 0 Å². The first-order valence-corrected chi connectivity index (χ1v) is 7.47. The van der Waals surface area contributed by atoms with Crippen molar-refractivity contribution in [1.82, 2.24) is 0 Å². The summed E-state index contributed by atoms with van der Waals surface area (Å²) in [6, 6.07) is 13.2. The van der Waals surface area contributed by atoms with E-state index >= 15 is 0 Å². The predicted octanol–water partition coefficient (Wildman–Crippen LogP) is 4.58. The Bertz CT molecular complexity index is 644. The van der Waals surface area contributed by atoms with Gasteiger partial charge in [0.2, 0.25) is 0 Å². The normalized spacial score (nSPS) is 10.7. The molecule has 0 bridgehead atoms. The number of hydrazone groups is 1. The molecule has 0 heterocycles. The van der Waals surface area contributed by atoms with Crippen LogP contribution < -0.4 is 14.9 Å². The van der Waals surface area contributed by atoms with Crippen LogP contribution in [0.2, 0.25) is 5.02 Å². The Hall–Kier alpha value is -2.20. The first-order chi connectivity index (χ1) is 10.7. The molecule has 0 atom stereocenters. The second-order valence-corrected chi connectivity index (χ2v) is 5.01. The largest absolute Gasteiger partial charge is 0.495 e. The van der Waals surface area contributed by atoms with Gasteiger partial charge < -0.3 is 9.47 Å². The Morgan fingerprint density at radius 3 is 2.73 bits per heavy atom. The van der Waals surface area contributed by atoms with Crippen LogP contribution in [0.15, 0.2) is 47.6 Å². The highest BCUT2D eigenvalue weighted by molar-refractivity contribution is 6.32. The zero-order chi connectivity index (χ0) is 15.8. The van der Waals surface area contributed by atoms with Gasteiger partial charge in [-0.3, -0.25) is 5.43 Å². The maximum Gasteiger partial charge on any atom is 0.137 e. The quantitative estimate of drug-likeness (QED) is 0.600. The molecule has 0 radical (unpaired) electrons. The highest BCUT2D eigenvalue weighted by atomic mass is 35.5. The Balaban J connectivity index is 2.05. The van der Waals surface area contributed by atoms with Gasteiger partial charge in [0, 0.05) is 5.56 Å². The number of benzene rings is 2. The second-order valence-electron chi connectivity index (χ2n) is 4.61. The number of nitrogens with one attached hydrogen (secondary N) is 1. The molecule has 0 unspecified atom stereocenters. The molecule has 0 amide bonds. The lowest BCUT2D eigenvalue weighted by Gasteiger charge is -2.08. The van der Waals surface area contributed by atoms with Crippen molar-refractivity contribution >= 4 is 23.5 Å². The standard InChI is InChI=1S/C17H19ClN2O2/c1-3-10-22-16-7-5-4-6-13(16)12-19-20-14-8-9-17(21-2)15(18)11-14/h4-9,11-12,20H,3,10H2,1-2H3/b19-12+. The number of methoxy groups -OCH3 is 1. The van der Waals surface area contributed by atoms with Gasteiger partial charge in [-0.25, -0.2) is 0 Å². The van der Waals surface area contributed by atoms with Gasteiger partial charge in [-0.05, 0) is 36.8 Å². The number of rotatable bonds is 7. The van der Waals surface area contributed by atoms with E-state index in [9.17, 15) is 0 Å². The fraction of sp³-hybridized carbons (Fsp3) is 0.235. The third-order valence-corrected chi connectivity index (χ3v) is 3.23. The molecule has 0 saturated carbocycles. The number of anilines is 1. The van der Waals surface area contributed by atoms with Crippen LogP contribution >= 0.6 is 11.6 Å². The lowest BCUT2D eigenvalue weighted by atomic mass is 10.2. The summed E-state index contributed by atoms with van der Waals surface area (Å²) in [5.74, 6) is 1.46. The van der Waals surface area contributed by atoms with E-state index in [2.05, 4.69) is 17.5 Å². The predicted molar refractivity (Wildman–Crippen MR) is 91.4 cm³/mol. The molecule has 2 aromatic rings. The molecular formula is C17H19ClN2O2. The van der Waals surface area contributed by atoms with E-state index in [1.54, 1.807) is 25.5 Å². The Morgan fingerprint density at radius 1 is 1.18 bits per heavy atom. The van der Waals surface area contributed by atoms with Gasteiger partial charge in [0.05, 0.1) is 30.6 Å². The second kappa shape index (κ2) is 8.29. The Morgan fingerprint density at radius 2 is 2.00 bits per heavy atom. The van der Waals surface area contributed by atoms with E-state index < -0.39 is 0 Å². The van der Waals surface area contributed by atoms with Crippen molar-refractivity contribution in [2.45, 2.75) is 13.3 Å². The molecule has 4 nitrogen and oxygen atoms in total. The van der Waals surface area contributed by atoms with Crippen molar-refractivity contribution in [3.8, 4) is 11.5 Å². The minimum Gasteiger partial charge on any atom is -0.495 e. The van der Waals surface area contributed by atoms with E-state index in [1.807, 2.05) is 30.3 Å². The van der Waals surface area contributed by atoms with Crippen LogP contribution in [0.5, 0.6) is 11.5 Å². The fourth-order valence-electron chi connectivity index (χ4n) is 1.84. The summed E-state index contributed by atoms with van der Waals surface area (Å²) in [5, 5.41) is 4.76. The molecule has 0 aliphatic heterocycles. The van der Waals surface area contributed by atoms with Gasteiger partial charge in [0.1, 0.15) is 11.5 Å². The molecule has 0 fully saturated rings. The van der Waals surface area contributed by atoms with Crippen molar-refractivity contribution < 1.29 is 9.47 Å². The Labute approximate surface area is 135 Å². The number of ether oxygens (including phenoxy) is 2. The molecule has 0 spiro atoms. The Kier molecular flexibility index (Phi) is 6.10. The summed E-state index contributed by atoms with van der Waals surface area (Å²) < 4.78 is 10.8. The molecule has 0 aliphatic carbocycles. The molecule has 2 rings (SSSR count). The highest BCUT2D eigenvalue weighted by Crippen LogP contribution is 2.27. The maximum atomic E-state index is 6.07. The minimum absolute atomic E-state index is 0.536. The zero-order valence-corrected chi connectivity index (χ0v) is 13.4. The monoisotopic (exact) mass is 318 g/mol. The summed E-state index contributed by atoms with van der Waals surface area (Å²) in [4.78, 5) is 0. The smallest absolute Gasteiger partial charge is 0.137 e. The third-order valence-electron chi connectivity index (χ3n) is 2.93. The van der Waals surface area contributed by atoms with Gasteiger partial charge in [0.25, 0.3) is 0 Å². The average molecular weight is 319 g/mol. The van der Waals surface area contributed by atoms with E-state index in [1.165, 1.54) is 0 Å². The van der Waals surface area contributed by atoms with Crippen molar-refractivity contribution in [3.05, 3.63) is 53.1 Å². The third kappa shape index (κ3) is 4.40. The molecular weight excluding hydrogens is 300 g/mol. The molecule has 0 aliphatic rings. The van der Waals surface area contributed by atoms with Crippen LogP contribution in [-0.4, -0.2) is 19.9 Å². The molecule has 0 saturated heterocycles. The van der Waals surface area contributed by atoms with E-state index in [0.717, 1.165) is 23.4 Å². The van der Waals surface area contributed by atoms with Gasteiger partial charge in [-0.15, -0.1) is 0 Å². The van der Waals surface area contributed by atoms with Gasteiger partial charge in [0.15, 0.2) is 0 Å². The average Bonchev–Trinajstić information content (AvgIpc) is 2.54. The summed E-state index contributed by atoms with van der Waals surface area (Å²) in [5.41, 5.74) is 4.65. The first-order valence-electron chi connectivity index (χ1n) is 7.09. The van der Waals surface area contributed by atoms with Gasteiger partial charge in [-0.2, -0.15) is 5.10 Å². The van der Waals surface area contributed by atoms with Crippen LogP contribution in [-0.2, 0) is 0 Å². The van der Waals surface area contributed by atoms with Gasteiger partial charge in [-0.1, -0.05) is 30.7 Å². The van der Waals surface area contributed by atoms with Crippen LogP contribution in [0, 0.1) is 0 Å². The van der Waals surface area contributed by atoms with Crippen LogP contribution in [0.4, 0.5) is 5.69 Å². The van der Waals surface area contributed by atoms with Crippen molar-refractivity contribution in [1.29, 1.82) is 0 Å². The molecule has 1 N–H and O–H groups in total. The molecule has 22 heavy (non-hydrogen) atoms. The summed E-state index contributed by atoms with van der Waals surface area (Å²) in [6.07, 6.45) is 2.69. The number of halogens is 1. The number of para-hydroxylation sites is 1. The molecule has 116 valence electrons. The van der Waals surface area contributed by atoms with E-state index in [4.69, 9.17) is 21.1 Å². The fourth-order valence-corrected chi connectivity index (χ4v) is 2.10. The molecule has 2 aromatic carbocycles. The highest BCUT2D eigenvalue weighted by Gasteiger charge is 2.02. The van der Waals surface area contributed by atoms with E-state index in [-0.39, 0.29) is 0 Å². The lowest BCUT2D eigenvalue weighted by molar-refractivity contribution is 0.317. The number of hydrogen-bond acceptors (Lipinski definition) is 4. The van der Waals surface area contributed by atoms with Gasteiger partial charge >= 0.3 is 0 Å². The zero-order valence-electron chi connectivity index (χ0n) is 12.7. The van der Waals surface area contributed by atoms with Crippen molar-refractivity contribution in [2.75, 3.05) is 19.1 Å². The van der Waals surface area contributed by atoms with E-state index in [0.29, 0.717) is 17.4 Å². The number of nitrogens with zero attached hydrogens (tertiary/aromatic N) is 1. The maximum absolute atomic E-state index is 6.07. The van der Waals surface area contributed by atoms with Crippen molar-refractivity contribution in [3.63, 3.8) is 0 Å². The topological polar surface area (TPSA) is 42.8 Å². The van der Waals surface area contributed by atoms with Crippen molar-refractivity contribution in [2.24, 2.45) is 5.10 Å². The summed E-state index contributed by atoms with van der Waals surface area (Å²) in [6.45, 7) is 2.76. The summed E-state index contributed by atoms with van der Waals surface area (Å²) >= 11 is 6.07. The molecule has 5 heteroatoms. The SMILES string of the molecule is CCCOc1ccccc1/C=N/Nc1ccc(OC)c(Cl)c1. The van der Waals surface area contributed by atoms with Crippen LogP contribution in [0.25, 0.3) is 0 Å². The lowest BCUT2D eigenvalue weighted by Crippen LogP contribution is -1.99. The minimum atomic E-state index is 0.536. The number of hydrogen-bond donors (Lipinski definition) is 1. The van der Waals surface area contributed by atoms with Crippen LogP contribution in [0.1, 0.15) is 18.9 Å². The molecule has 0 aromatic heterocycles. The summed E-state index contributed by atoms with van der Waals surface area (Å²) in [7, 11) is 1.58. The first kappa shape index (κ1) is 16.2.